The molecule has 1 fully saturated rings. The zero-order valence-electron chi connectivity index (χ0n) is 11.5. The summed E-state index contributed by atoms with van der Waals surface area (Å²) in [5.74, 6) is 1.66. The van der Waals surface area contributed by atoms with Crippen LogP contribution in [-0.2, 0) is 0 Å². The van der Waals surface area contributed by atoms with Gasteiger partial charge in [0.05, 0.1) is 0 Å². The van der Waals surface area contributed by atoms with Crippen LogP contribution in [0.3, 0.4) is 0 Å². The second kappa shape index (κ2) is 7.25. The summed E-state index contributed by atoms with van der Waals surface area (Å²) in [6.07, 6.45) is 3.76. The van der Waals surface area contributed by atoms with Crippen LogP contribution >= 0.6 is 0 Å². The van der Waals surface area contributed by atoms with Gasteiger partial charge in [0.1, 0.15) is 5.82 Å². The molecule has 0 aromatic carbocycles. The molecule has 1 saturated heterocycles. The first-order valence-corrected chi connectivity index (χ1v) is 6.92. The lowest BCUT2D eigenvalue weighted by Crippen LogP contribution is -2.47. The summed E-state index contributed by atoms with van der Waals surface area (Å²) in [5, 5.41) is 11.8. The van der Waals surface area contributed by atoms with E-state index in [9.17, 15) is 0 Å². The van der Waals surface area contributed by atoms with Gasteiger partial charge >= 0.3 is 0 Å². The number of hydrogen-bond acceptors (Lipinski definition) is 6. The van der Waals surface area contributed by atoms with Crippen LogP contribution in [0.4, 0.5) is 11.8 Å². The fourth-order valence-electron chi connectivity index (χ4n) is 2.26. The highest BCUT2D eigenvalue weighted by Crippen LogP contribution is 2.13. The van der Waals surface area contributed by atoms with Crippen LogP contribution in [0.1, 0.15) is 12.8 Å². The largest absolute Gasteiger partial charge is 0.396 e. The second-order valence-electron chi connectivity index (χ2n) is 4.75. The number of hydrogen-bond donors (Lipinski definition) is 2. The van der Waals surface area contributed by atoms with Crippen molar-refractivity contribution in [1.29, 1.82) is 0 Å². The van der Waals surface area contributed by atoms with Crippen LogP contribution in [0.2, 0.25) is 0 Å². The Morgan fingerprint density at radius 3 is 2.74 bits per heavy atom. The molecule has 6 heteroatoms. The molecule has 2 rings (SSSR count). The number of unbranched alkanes of at least 4 members (excludes halogenated alkanes) is 1. The van der Waals surface area contributed by atoms with E-state index in [0.717, 1.165) is 57.3 Å². The van der Waals surface area contributed by atoms with Gasteiger partial charge in [-0.05, 0) is 25.5 Å². The predicted octanol–water partition coefficient (Wildman–Crippen LogP) is 0.413. The molecule has 0 aliphatic carbocycles. The van der Waals surface area contributed by atoms with Gasteiger partial charge in [0.15, 0.2) is 0 Å². The highest BCUT2D eigenvalue weighted by atomic mass is 16.2. The predicted molar refractivity (Wildman–Crippen MR) is 76.6 cm³/mol. The van der Waals surface area contributed by atoms with Gasteiger partial charge in [0.25, 0.3) is 0 Å². The Balaban J connectivity index is 1.82. The Morgan fingerprint density at radius 2 is 2.05 bits per heavy atom. The van der Waals surface area contributed by atoms with Gasteiger partial charge in [-0.15, -0.1) is 0 Å². The van der Waals surface area contributed by atoms with E-state index in [4.69, 9.17) is 5.11 Å². The van der Waals surface area contributed by atoms with Crippen LogP contribution in [0.15, 0.2) is 12.3 Å². The van der Waals surface area contributed by atoms with Crippen LogP contribution in [-0.4, -0.2) is 66.4 Å². The summed E-state index contributed by atoms with van der Waals surface area (Å²) >= 11 is 0. The number of aliphatic hydroxyl groups is 1. The Morgan fingerprint density at radius 1 is 1.26 bits per heavy atom. The fraction of sp³-hybridized carbons (Fsp3) is 0.692. The molecule has 0 unspecified atom stereocenters. The van der Waals surface area contributed by atoms with Gasteiger partial charge in [0, 0.05) is 46.0 Å². The first-order chi connectivity index (χ1) is 9.33. The summed E-state index contributed by atoms with van der Waals surface area (Å²) in [5.41, 5.74) is 0. The molecule has 19 heavy (non-hydrogen) atoms. The average molecular weight is 265 g/mol. The van der Waals surface area contributed by atoms with E-state index in [1.54, 1.807) is 6.20 Å². The molecular weight excluding hydrogens is 242 g/mol. The van der Waals surface area contributed by atoms with Gasteiger partial charge in [-0.25, -0.2) is 4.98 Å². The van der Waals surface area contributed by atoms with E-state index in [0.29, 0.717) is 6.61 Å². The molecule has 1 aliphatic rings. The van der Waals surface area contributed by atoms with Gasteiger partial charge < -0.3 is 15.3 Å². The van der Waals surface area contributed by atoms with E-state index in [1.165, 1.54) is 0 Å². The third-order valence-corrected chi connectivity index (χ3v) is 3.44. The van der Waals surface area contributed by atoms with E-state index in [2.05, 4.69) is 25.1 Å². The monoisotopic (exact) mass is 265 g/mol. The SMILES string of the molecule is CNc1ccnc(N2CCN(CCCCO)CC2)n1. The highest BCUT2D eigenvalue weighted by molar-refractivity contribution is 5.40. The average Bonchev–Trinajstić information content (AvgIpc) is 2.48. The van der Waals surface area contributed by atoms with E-state index in [-0.39, 0.29) is 0 Å². The lowest BCUT2D eigenvalue weighted by molar-refractivity contribution is 0.232. The fourth-order valence-corrected chi connectivity index (χ4v) is 2.26. The second-order valence-corrected chi connectivity index (χ2v) is 4.75. The molecule has 0 saturated carbocycles. The maximum atomic E-state index is 8.79. The van der Waals surface area contributed by atoms with Crippen molar-refractivity contribution in [1.82, 2.24) is 14.9 Å². The first-order valence-electron chi connectivity index (χ1n) is 6.92. The van der Waals surface area contributed by atoms with Crippen molar-refractivity contribution in [3.63, 3.8) is 0 Å². The number of nitrogens with one attached hydrogen (secondary N) is 1. The topological polar surface area (TPSA) is 64.5 Å². The molecule has 6 nitrogen and oxygen atoms in total. The van der Waals surface area contributed by atoms with Crippen molar-refractivity contribution in [3.05, 3.63) is 12.3 Å². The Hall–Kier alpha value is -1.40. The first kappa shape index (κ1) is 14.0. The molecule has 2 N–H and O–H groups in total. The number of aromatic nitrogens is 2. The van der Waals surface area contributed by atoms with Crippen molar-refractivity contribution in [2.75, 3.05) is 56.6 Å². The summed E-state index contributed by atoms with van der Waals surface area (Å²) < 4.78 is 0. The minimum Gasteiger partial charge on any atom is -0.396 e. The third-order valence-electron chi connectivity index (χ3n) is 3.44. The van der Waals surface area contributed by atoms with Crippen LogP contribution in [0.25, 0.3) is 0 Å². The van der Waals surface area contributed by atoms with Crippen LogP contribution in [0.5, 0.6) is 0 Å². The van der Waals surface area contributed by atoms with E-state index in [1.807, 2.05) is 13.1 Å². The third kappa shape index (κ3) is 4.04. The zero-order chi connectivity index (χ0) is 13.5. The molecule has 1 aromatic heterocycles. The molecule has 0 radical (unpaired) electrons. The summed E-state index contributed by atoms with van der Waals surface area (Å²) in [6.45, 7) is 5.38. The lowest BCUT2D eigenvalue weighted by atomic mass is 10.2. The minimum atomic E-state index is 0.296. The van der Waals surface area contributed by atoms with Crippen molar-refractivity contribution in [2.45, 2.75) is 12.8 Å². The molecule has 1 aliphatic heterocycles. The van der Waals surface area contributed by atoms with Gasteiger partial charge in [-0.1, -0.05) is 0 Å². The molecule has 106 valence electrons. The van der Waals surface area contributed by atoms with E-state index >= 15 is 0 Å². The number of rotatable bonds is 6. The molecular formula is C13H23N5O. The minimum absolute atomic E-state index is 0.296. The van der Waals surface area contributed by atoms with Crippen molar-refractivity contribution in [2.24, 2.45) is 0 Å². The highest BCUT2D eigenvalue weighted by Gasteiger charge is 2.18. The van der Waals surface area contributed by atoms with Crippen molar-refractivity contribution >= 4 is 11.8 Å². The quantitative estimate of drug-likeness (QED) is 0.727. The number of nitrogens with zero attached hydrogens (tertiary/aromatic N) is 4. The van der Waals surface area contributed by atoms with Gasteiger partial charge in [0.2, 0.25) is 5.95 Å². The molecule has 0 spiro atoms. The maximum absolute atomic E-state index is 8.79. The maximum Gasteiger partial charge on any atom is 0.227 e. The van der Waals surface area contributed by atoms with Crippen LogP contribution < -0.4 is 10.2 Å². The van der Waals surface area contributed by atoms with Gasteiger partial charge in [-0.3, -0.25) is 4.90 Å². The summed E-state index contributed by atoms with van der Waals surface area (Å²) in [6, 6.07) is 1.87. The molecule has 0 atom stereocenters. The zero-order valence-corrected chi connectivity index (χ0v) is 11.5. The van der Waals surface area contributed by atoms with Crippen molar-refractivity contribution < 1.29 is 5.11 Å². The normalized spacial score (nSPS) is 16.6. The lowest BCUT2D eigenvalue weighted by Gasteiger charge is -2.34. The molecule has 0 bridgehead atoms. The van der Waals surface area contributed by atoms with Crippen molar-refractivity contribution in [3.8, 4) is 0 Å². The summed E-state index contributed by atoms with van der Waals surface area (Å²) in [7, 11) is 1.87. The Bertz CT molecular complexity index is 379. The summed E-state index contributed by atoms with van der Waals surface area (Å²) in [4.78, 5) is 13.5. The van der Waals surface area contributed by atoms with Gasteiger partial charge in [-0.2, -0.15) is 4.98 Å². The molecule has 0 amide bonds. The standard InChI is InChI=1S/C13H23N5O/c1-14-12-4-5-15-13(16-12)18-9-7-17(8-10-18)6-2-3-11-19/h4-5,19H,2-3,6-11H2,1H3,(H,14,15,16). The Labute approximate surface area is 114 Å². The number of aliphatic hydroxyl groups excluding tert-OH is 1. The van der Waals surface area contributed by atoms with E-state index < -0.39 is 0 Å². The van der Waals surface area contributed by atoms with Crippen LogP contribution in [0, 0.1) is 0 Å². The molecule has 2 heterocycles. The Kier molecular flexibility index (Phi) is 5.35. The number of piperazine rings is 1. The smallest absolute Gasteiger partial charge is 0.227 e. The molecule has 1 aromatic rings. The number of anilines is 2.